The quantitative estimate of drug-likeness (QED) is 0.355. The minimum atomic E-state index is -0.495. The number of nitriles is 1. The van der Waals surface area contributed by atoms with Gasteiger partial charge in [0.15, 0.2) is 0 Å². The van der Waals surface area contributed by atoms with Crippen molar-refractivity contribution >= 4 is 23.6 Å². The van der Waals surface area contributed by atoms with Gasteiger partial charge in [-0.15, -0.1) is 0 Å². The number of esters is 1. The van der Waals surface area contributed by atoms with Gasteiger partial charge < -0.3 is 19.4 Å². The fourth-order valence-corrected chi connectivity index (χ4v) is 3.37. The van der Waals surface area contributed by atoms with Crippen LogP contribution in [0.5, 0.6) is 5.75 Å². The number of amides is 1. The summed E-state index contributed by atoms with van der Waals surface area (Å²) in [5.41, 5.74) is 4.40. The van der Waals surface area contributed by atoms with E-state index in [1.165, 1.54) is 7.11 Å². The zero-order valence-electron chi connectivity index (χ0n) is 18.3. The summed E-state index contributed by atoms with van der Waals surface area (Å²) in [6, 6.07) is 17.8. The second kappa shape index (κ2) is 9.67. The normalized spacial score (nSPS) is 10.9. The number of methoxy groups -OCH3 is 2. The van der Waals surface area contributed by atoms with Gasteiger partial charge >= 0.3 is 5.97 Å². The van der Waals surface area contributed by atoms with E-state index in [1.807, 2.05) is 42.7 Å². The van der Waals surface area contributed by atoms with E-state index in [2.05, 4.69) is 5.32 Å². The largest absolute Gasteiger partial charge is 0.497 e. The Bertz CT molecular complexity index is 1210. The molecule has 0 aliphatic rings. The number of aromatic nitrogens is 1. The van der Waals surface area contributed by atoms with Crippen molar-refractivity contribution in [3.63, 3.8) is 0 Å². The highest BCUT2D eigenvalue weighted by Crippen LogP contribution is 2.24. The van der Waals surface area contributed by atoms with Crippen LogP contribution in [0.1, 0.15) is 27.3 Å². The first-order valence-electron chi connectivity index (χ1n) is 9.82. The van der Waals surface area contributed by atoms with Crippen molar-refractivity contribution in [3.8, 4) is 17.5 Å². The molecule has 0 spiro atoms. The molecule has 162 valence electrons. The number of benzene rings is 2. The lowest BCUT2D eigenvalue weighted by Crippen LogP contribution is -2.13. The Morgan fingerprint density at radius 1 is 1.03 bits per heavy atom. The minimum Gasteiger partial charge on any atom is -0.497 e. The SMILES string of the molecule is COC(=O)c1ccc(-n2c(C)cc(/C=C(/C#N)C(=O)Nc3ccc(OC)cc3)c2C)cc1. The van der Waals surface area contributed by atoms with Crippen molar-refractivity contribution < 1.29 is 19.1 Å². The van der Waals surface area contributed by atoms with Gasteiger partial charge in [-0.1, -0.05) is 0 Å². The fraction of sp³-hybridized carbons (Fsp3) is 0.160. The summed E-state index contributed by atoms with van der Waals surface area (Å²) in [5, 5.41) is 12.3. The number of ether oxygens (including phenoxy) is 2. The van der Waals surface area contributed by atoms with E-state index in [9.17, 15) is 14.9 Å². The fourth-order valence-electron chi connectivity index (χ4n) is 3.37. The predicted molar refractivity (Wildman–Crippen MR) is 122 cm³/mol. The monoisotopic (exact) mass is 429 g/mol. The summed E-state index contributed by atoms with van der Waals surface area (Å²) in [6.45, 7) is 3.84. The maximum atomic E-state index is 12.6. The third-order valence-corrected chi connectivity index (χ3v) is 5.03. The second-order valence-corrected chi connectivity index (χ2v) is 7.05. The Labute approximate surface area is 186 Å². The smallest absolute Gasteiger partial charge is 0.337 e. The first-order chi connectivity index (χ1) is 15.4. The zero-order valence-corrected chi connectivity index (χ0v) is 18.3. The molecule has 0 aliphatic carbocycles. The van der Waals surface area contributed by atoms with E-state index in [-0.39, 0.29) is 5.57 Å². The lowest BCUT2D eigenvalue weighted by Gasteiger charge is -2.10. The van der Waals surface area contributed by atoms with Gasteiger partial charge in [0, 0.05) is 22.8 Å². The van der Waals surface area contributed by atoms with Crippen LogP contribution < -0.4 is 10.1 Å². The number of hydrogen-bond acceptors (Lipinski definition) is 5. The van der Waals surface area contributed by atoms with Crippen LogP contribution in [0.4, 0.5) is 5.69 Å². The predicted octanol–water partition coefficient (Wildman–Crippen LogP) is 4.44. The molecule has 3 aromatic rings. The van der Waals surface area contributed by atoms with Crippen LogP contribution in [0, 0.1) is 25.2 Å². The van der Waals surface area contributed by atoms with E-state index < -0.39 is 11.9 Å². The van der Waals surface area contributed by atoms with E-state index >= 15 is 0 Å². The zero-order chi connectivity index (χ0) is 23.3. The van der Waals surface area contributed by atoms with Crippen LogP contribution in [0.3, 0.4) is 0 Å². The van der Waals surface area contributed by atoms with Gasteiger partial charge in [-0.2, -0.15) is 5.26 Å². The molecule has 0 fully saturated rings. The number of nitrogens with zero attached hydrogens (tertiary/aromatic N) is 2. The molecule has 0 saturated heterocycles. The molecule has 0 radical (unpaired) electrons. The molecule has 3 rings (SSSR count). The van der Waals surface area contributed by atoms with Crippen LogP contribution in [0.25, 0.3) is 11.8 Å². The number of rotatable bonds is 6. The molecule has 1 N–H and O–H groups in total. The van der Waals surface area contributed by atoms with Crippen LogP contribution in [0.15, 0.2) is 60.2 Å². The van der Waals surface area contributed by atoms with Crippen LogP contribution >= 0.6 is 0 Å². The van der Waals surface area contributed by atoms with E-state index in [4.69, 9.17) is 9.47 Å². The Kier molecular flexibility index (Phi) is 6.76. The number of carbonyl (C=O) groups excluding carboxylic acids is 2. The first-order valence-corrected chi connectivity index (χ1v) is 9.82. The van der Waals surface area contributed by atoms with Crippen molar-refractivity contribution in [3.05, 3.63) is 82.7 Å². The van der Waals surface area contributed by atoms with Gasteiger partial charge in [-0.25, -0.2) is 4.79 Å². The molecule has 2 aromatic carbocycles. The van der Waals surface area contributed by atoms with Gasteiger partial charge in [0.2, 0.25) is 0 Å². The van der Waals surface area contributed by atoms with E-state index in [1.54, 1.807) is 49.6 Å². The van der Waals surface area contributed by atoms with Gasteiger partial charge in [0.05, 0.1) is 19.8 Å². The summed E-state index contributed by atoms with van der Waals surface area (Å²) >= 11 is 0. The molecule has 1 amide bonds. The number of carbonyl (C=O) groups is 2. The highest BCUT2D eigenvalue weighted by atomic mass is 16.5. The number of aryl methyl sites for hydroxylation is 1. The average Bonchev–Trinajstić information content (AvgIpc) is 3.09. The standard InChI is InChI=1S/C25H23N3O4/c1-16-13-19(17(2)28(16)22-9-5-18(6-10-22)25(30)32-4)14-20(15-26)24(29)27-21-7-11-23(31-3)12-8-21/h5-14H,1-4H3,(H,27,29)/b20-14-. The van der Waals surface area contributed by atoms with Crippen molar-refractivity contribution in [1.82, 2.24) is 4.57 Å². The van der Waals surface area contributed by atoms with Crippen LogP contribution in [-0.4, -0.2) is 30.7 Å². The molecular formula is C25H23N3O4. The summed E-state index contributed by atoms with van der Waals surface area (Å²) in [6.07, 6.45) is 1.57. The summed E-state index contributed by atoms with van der Waals surface area (Å²) in [5.74, 6) is -0.223. The lowest BCUT2D eigenvalue weighted by molar-refractivity contribution is -0.112. The third kappa shape index (κ3) is 4.71. The Morgan fingerprint density at radius 2 is 1.69 bits per heavy atom. The highest BCUT2D eigenvalue weighted by Gasteiger charge is 2.15. The topological polar surface area (TPSA) is 93.4 Å². The van der Waals surface area contributed by atoms with Gasteiger partial charge in [-0.3, -0.25) is 4.79 Å². The summed E-state index contributed by atoms with van der Waals surface area (Å²) in [4.78, 5) is 24.3. The Hall–Kier alpha value is -4.31. The van der Waals surface area contributed by atoms with Crippen molar-refractivity contribution in [1.29, 1.82) is 5.26 Å². The molecule has 0 bridgehead atoms. The molecule has 0 aliphatic heterocycles. The third-order valence-electron chi connectivity index (χ3n) is 5.03. The van der Waals surface area contributed by atoms with Crippen LogP contribution in [-0.2, 0) is 9.53 Å². The minimum absolute atomic E-state index is 0.0119. The van der Waals surface area contributed by atoms with Crippen molar-refractivity contribution in [2.24, 2.45) is 0 Å². The lowest BCUT2D eigenvalue weighted by atomic mass is 10.1. The maximum absolute atomic E-state index is 12.6. The van der Waals surface area contributed by atoms with Crippen molar-refractivity contribution in [2.75, 3.05) is 19.5 Å². The molecule has 32 heavy (non-hydrogen) atoms. The van der Waals surface area contributed by atoms with Gasteiger partial charge in [0.25, 0.3) is 5.91 Å². The van der Waals surface area contributed by atoms with Gasteiger partial charge in [0.1, 0.15) is 17.4 Å². The second-order valence-electron chi connectivity index (χ2n) is 7.05. The number of nitrogens with one attached hydrogen (secondary N) is 1. The van der Waals surface area contributed by atoms with E-state index in [0.29, 0.717) is 17.0 Å². The van der Waals surface area contributed by atoms with E-state index in [0.717, 1.165) is 22.6 Å². The number of hydrogen-bond donors (Lipinski definition) is 1. The van der Waals surface area contributed by atoms with Crippen molar-refractivity contribution in [2.45, 2.75) is 13.8 Å². The van der Waals surface area contributed by atoms with Crippen LogP contribution in [0.2, 0.25) is 0 Å². The Balaban J connectivity index is 1.87. The van der Waals surface area contributed by atoms with Gasteiger partial charge in [-0.05, 0) is 80.1 Å². The average molecular weight is 429 g/mol. The maximum Gasteiger partial charge on any atom is 0.337 e. The molecular weight excluding hydrogens is 406 g/mol. The Morgan fingerprint density at radius 3 is 2.25 bits per heavy atom. The highest BCUT2D eigenvalue weighted by molar-refractivity contribution is 6.09. The first kappa shape index (κ1) is 22.4. The molecule has 1 heterocycles. The summed E-state index contributed by atoms with van der Waals surface area (Å²) < 4.78 is 11.8. The summed E-state index contributed by atoms with van der Waals surface area (Å²) in [7, 11) is 2.90. The molecule has 7 heteroatoms. The number of anilines is 1. The molecule has 0 atom stereocenters. The molecule has 7 nitrogen and oxygen atoms in total. The molecule has 1 aromatic heterocycles. The molecule has 0 saturated carbocycles. The molecule has 0 unspecified atom stereocenters.